The molecule has 2 N–H and O–H groups in total. The van der Waals surface area contributed by atoms with E-state index < -0.39 is 12.1 Å². The van der Waals surface area contributed by atoms with Crippen LogP contribution in [0, 0.1) is 0 Å². The molecule has 0 saturated carbocycles. The molecule has 2 fully saturated rings. The third-order valence-electron chi connectivity index (χ3n) is 6.45. The topological polar surface area (TPSA) is 98.8 Å². The van der Waals surface area contributed by atoms with Gasteiger partial charge < -0.3 is 10.6 Å². The summed E-state index contributed by atoms with van der Waals surface area (Å²) in [5, 5.41) is 6.32. The Hall–Kier alpha value is -4.14. The number of anilines is 2. The van der Waals surface area contributed by atoms with E-state index in [0.717, 1.165) is 20.9 Å². The molecule has 8 heteroatoms. The van der Waals surface area contributed by atoms with Crippen LogP contribution in [-0.4, -0.2) is 35.7 Å². The molecule has 2 heterocycles. The number of hydrogen-bond acceptors (Lipinski definition) is 6. The standard InChI is InChI=1S/C28H26N4O4/c33-25-15-23(29-17-19-7-3-1-4-8-19)27(35)31(25)21-11-13-22(14-12-21)32-26(34)16-24(28(32)36)30-18-20-9-5-2-6-10-20/h1-14,23-24,29-30H,15-18H2/t23-,24-/m1/s1. The minimum Gasteiger partial charge on any atom is -0.301 e. The molecule has 5 rings (SSSR count). The molecule has 0 aliphatic carbocycles. The largest absolute Gasteiger partial charge is 0.301 e. The number of amides is 4. The lowest BCUT2D eigenvalue weighted by molar-refractivity contribution is -0.123. The van der Waals surface area contributed by atoms with Crippen molar-refractivity contribution >= 4 is 35.0 Å². The van der Waals surface area contributed by atoms with Crippen LogP contribution in [-0.2, 0) is 32.3 Å². The van der Waals surface area contributed by atoms with Crippen molar-refractivity contribution < 1.29 is 19.2 Å². The molecule has 0 radical (unpaired) electrons. The fraction of sp³-hybridized carbons (Fsp3) is 0.214. The number of hydrogen-bond donors (Lipinski definition) is 2. The fourth-order valence-electron chi connectivity index (χ4n) is 4.55. The number of benzene rings is 3. The van der Waals surface area contributed by atoms with E-state index in [1.807, 2.05) is 60.7 Å². The van der Waals surface area contributed by atoms with Crippen LogP contribution in [0.5, 0.6) is 0 Å². The number of rotatable bonds is 8. The van der Waals surface area contributed by atoms with E-state index >= 15 is 0 Å². The van der Waals surface area contributed by atoms with Crippen LogP contribution >= 0.6 is 0 Å². The number of nitrogens with one attached hydrogen (secondary N) is 2. The van der Waals surface area contributed by atoms with Crippen LogP contribution in [0.1, 0.15) is 24.0 Å². The second kappa shape index (κ2) is 10.2. The van der Waals surface area contributed by atoms with Crippen LogP contribution in [0.25, 0.3) is 0 Å². The first-order valence-corrected chi connectivity index (χ1v) is 11.9. The van der Waals surface area contributed by atoms with Crippen LogP contribution in [0.3, 0.4) is 0 Å². The Morgan fingerprint density at radius 1 is 0.556 bits per heavy atom. The van der Waals surface area contributed by atoms with Crippen LogP contribution < -0.4 is 20.4 Å². The zero-order valence-corrected chi connectivity index (χ0v) is 19.6. The van der Waals surface area contributed by atoms with Gasteiger partial charge in [0.2, 0.25) is 11.8 Å². The van der Waals surface area contributed by atoms with Crippen molar-refractivity contribution in [3.8, 4) is 0 Å². The summed E-state index contributed by atoms with van der Waals surface area (Å²) in [5.74, 6) is -1.22. The van der Waals surface area contributed by atoms with E-state index in [2.05, 4.69) is 10.6 Å². The van der Waals surface area contributed by atoms with Crippen LogP contribution in [0.2, 0.25) is 0 Å². The zero-order chi connectivity index (χ0) is 25.1. The van der Waals surface area contributed by atoms with Crippen molar-refractivity contribution in [3.63, 3.8) is 0 Å². The van der Waals surface area contributed by atoms with Crippen LogP contribution in [0.4, 0.5) is 11.4 Å². The van der Waals surface area contributed by atoms with E-state index in [1.165, 1.54) is 0 Å². The maximum absolute atomic E-state index is 12.9. The van der Waals surface area contributed by atoms with Crippen LogP contribution in [0.15, 0.2) is 84.9 Å². The minimum atomic E-state index is -0.601. The highest BCUT2D eigenvalue weighted by Gasteiger charge is 2.41. The first-order chi connectivity index (χ1) is 17.5. The van der Waals surface area contributed by atoms with Crippen molar-refractivity contribution in [1.29, 1.82) is 0 Å². The van der Waals surface area contributed by atoms with Gasteiger partial charge in [-0.3, -0.25) is 19.2 Å². The maximum atomic E-state index is 12.9. The monoisotopic (exact) mass is 482 g/mol. The molecule has 0 unspecified atom stereocenters. The average molecular weight is 483 g/mol. The third kappa shape index (κ3) is 4.82. The number of nitrogens with zero attached hydrogens (tertiary/aromatic N) is 2. The molecule has 8 nitrogen and oxygen atoms in total. The molecular formula is C28H26N4O4. The SMILES string of the molecule is O=C1C[C@@H](NCc2ccccc2)C(=O)N1c1ccc(N2C(=O)C[C@@H](NCc3ccccc3)C2=O)cc1. The van der Waals surface area contributed by atoms with Crippen molar-refractivity contribution in [2.45, 2.75) is 38.0 Å². The summed E-state index contributed by atoms with van der Waals surface area (Å²) < 4.78 is 0. The second-order valence-corrected chi connectivity index (χ2v) is 8.90. The Kier molecular flexibility index (Phi) is 6.71. The molecule has 36 heavy (non-hydrogen) atoms. The molecule has 0 aromatic heterocycles. The van der Waals surface area contributed by atoms with Gasteiger partial charge in [0.25, 0.3) is 11.8 Å². The first-order valence-electron chi connectivity index (χ1n) is 11.9. The van der Waals surface area contributed by atoms with Crippen molar-refractivity contribution in [1.82, 2.24) is 10.6 Å². The summed E-state index contributed by atoms with van der Waals surface area (Å²) in [6.45, 7) is 0.964. The molecule has 4 amide bonds. The van der Waals surface area contributed by atoms with E-state index in [-0.39, 0.29) is 36.5 Å². The summed E-state index contributed by atoms with van der Waals surface area (Å²) in [6, 6.07) is 24.5. The third-order valence-corrected chi connectivity index (χ3v) is 6.45. The number of imide groups is 2. The van der Waals surface area contributed by atoms with Crippen molar-refractivity contribution in [3.05, 3.63) is 96.1 Å². The lowest BCUT2D eigenvalue weighted by Gasteiger charge is -2.19. The fourth-order valence-corrected chi connectivity index (χ4v) is 4.55. The van der Waals surface area contributed by atoms with Gasteiger partial charge in [0.05, 0.1) is 36.3 Å². The average Bonchev–Trinajstić information content (AvgIpc) is 3.35. The smallest absolute Gasteiger partial charge is 0.251 e. The lowest BCUT2D eigenvalue weighted by atomic mass is 10.2. The highest BCUT2D eigenvalue weighted by atomic mass is 16.2. The molecule has 3 aromatic carbocycles. The van der Waals surface area contributed by atoms with Gasteiger partial charge in [-0.2, -0.15) is 0 Å². The van der Waals surface area contributed by atoms with Crippen molar-refractivity contribution in [2.75, 3.05) is 9.80 Å². The van der Waals surface area contributed by atoms with Gasteiger partial charge in [-0.1, -0.05) is 60.7 Å². The normalized spacial score (nSPS) is 20.0. The predicted molar refractivity (Wildman–Crippen MR) is 135 cm³/mol. The quantitative estimate of drug-likeness (QED) is 0.479. The van der Waals surface area contributed by atoms with Gasteiger partial charge in [0.1, 0.15) is 0 Å². The summed E-state index contributed by atoms with van der Waals surface area (Å²) in [4.78, 5) is 53.4. The zero-order valence-electron chi connectivity index (χ0n) is 19.6. The second-order valence-electron chi connectivity index (χ2n) is 8.90. The summed E-state index contributed by atoms with van der Waals surface area (Å²) in [6.07, 6.45) is 0.149. The Bertz CT molecular complexity index is 1180. The molecule has 182 valence electrons. The maximum Gasteiger partial charge on any atom is 0.251 e. The molecule has 0 bridgehead atoms. The number of carbonyl (C=O) groups excluding carboxylic acids is 4. The number of carbonyl (C=O) groups is 4. The summed E-state index contributed by atoms with van der Waals surface area (Å²) >= 11 is 0. The van der Waals surface area contributed by atoms with Gasteiger partial charge >= 0.3 is 0 Å². The van der Waals surface area contributed by atoms with Gasteiger partial charge in [-0.25, -0.2) is 9.80 Å². The van der Waals surface area contributed by atoms with Gasteiger partial charge in [0, 0.05) is 13.1 Å². The lowest BCUT2D eigenvalue weighted by Crippen LogP contribution is -2.39. The van der Waals surface area contributed by atoms with E-state index in [4.69, 9.17) is 0 Å². The molecular weight excluding hydrogens is 456 g/mol. The van der Waals surface area contributed by atoms with E-state index in [0.29, 0.717) is 24.5 Å². The predicted octanol–water partition coefficient (Wildman–Crippen LogP) is 2.53. The van der Waals surface area contributed by atoms with Gasteiger partial charge in [-0.05, 0) is 35.4 Å². The molecule has 2 saturated heterocycles. The minimum absolute atomic E-state index is 0.0747. The van der Waals surface area contributed by atoms with Gasteiger partial charge in [0.15, 0.2) is 0 Å². The van der Waals surface area contributed by atoms with Crippen molar-refractivity contribution in [2.24, 2.45) is 0 Å². The Morgan fingerprint density at radius 2 is 0.917 bits per heavy atom. The highest BCUT2D eigenvalue weighted by molar-refractivity contribution is 6.24. The molecule has 2 aliphatic rings. The summed E-state index contributed by atoms with van der Waals surface area (Å²) in [7, 11) is 0. The summed E-state index contributed by atoms with van der Waals surface area (Å²) in [5.41, 5.74) is 2.88. The molecule has 2 atom stereocenters. The van der Waals surface area contributed by atoms with Gasteiger partial charge in [-0.15, -0.1) is 0 Å². The Labute approximate surface area is 208 Å². The first kappa shape index (κ1) is 23.6. The molecule has 2 aliphatic heterocycles. The van der Waals surface area contributed by atoms with E-state index in [9.17, 15) is 19.2 Å². The molecule has 0 spiro atoms. The Balaban J connectivity index is 1.23. The van der Waals surface area contributed by atoms with E-state index in [1.54, 1.807) is 24.3 Å². The molecule has 3 aromatic rings. The Morgan fingerprint density at radius 3 is 1.28 bits per heavy atom. The highest BCUT2D eigenvalue weighted by Crippen LogP contribution is 2.28.